The molecule has 0 N–H and O–H groups in total. The van der Waals surface area contributed by atoms with Crippen molar-refractivity contribution in [2.75, 3.05) is 12.4 Å². The Bertz CT molecular complexity index is 395. The molecule has 1 unspecified atom stereocenters. The molecule has 0 bridgehead atoms. The van der Waals surface area contributed by atoms with E-state index >= 15 is 0 Å². The molecule has 0 saturated carbocycles. The van der Waals surface area contributed by atoms with Crippen LogP contribution in [0.15, 0.2) is 18.2 Å². The molecule has 16 heavy (non-hydrogen) atoms. The molecule has 0 aromatic heterocycles. The maximum absolute atomic E-state index is 12.1. The van der Waals surface area contributed by atoms with Crippen molar-refractivity contribution >= 4 is 33.4 Å². The largest absolute Gasteiger partial charge is 0.338 e. The number of carbonyl (C=O) groups is 1. The van der Waals surface area contributed by atoms with Crippen molar-refractivity contribution < 1.29 is 4.79 Å². The number of alkyl halides is 1. The standard InChI is InChI=1S/C12H15BrClNO/c1-8-6-10(4-5-11(8)14)12(16)15(3)9(2)7-13/h4-6,9H,7H2,1-3H3. The van der Waals surface area contributed by atoms with Crippen molar-refractivity contribution in [2.45, 2.75) is 19.9 Å². The Balaban J connectivity index is 2.92. The number of rotatable bonds is 3. The molecular formula is C12H15BrClNO. The zero-order chi connectivity index (χ0) is 12.3. The molecule has 2 nitrogen and oxygen atoms in total. The number of hydrogen-bond donors (Lipinski definition) is 0. The minimum Gasteiger partial charge on any atom is -0.338 e. The third-order valence-electron chi connectivity index (χ3n) is 2.61. The molecule has 1 atom stereocenters. The number of hydrogen-bond acceptors (Lipinski definition) is 1. The second-order valence-corrected chi connectivity index (χ2v) is 4.94. The van der Waals surface area contributed by atoms with Crippen LogP contribution in [-0.2, 0) is 0 Å². The fourth-order valence-corrected chi connectivity index (χ4v) is 1.84. The second kappa shape index (κ2) is 5.69. The summed E-state index contributed by atoms with van der Waals surface area (Å²) < 4.78 is 0. The van der Waals surface area contributed by atoms with Crippen LogP contribution in [0.4, 0.5) is 0 Å². The van der Waals surface area contributed by atoms with Crippen molar-refractivity contribution in [1.82, 2.24) is 4.90 Å². The monoisotopic (exact) mass is 303 g/mol. The maximum atomic E-state index is 12.1. The highest BCUT2D eigenvalue weighted by molar-refractivity contribution is 9.09. The zero-order valence-electron chi connectivity index (χ0n) is 9.63. The Labute approximate surface area is 110 Å². The van der Waals surface area contributed by atoms with E-state index in [1.54, 1.807) is 24.1 Å². The molecule has 0 fully saturated rings. The molecule has 0 aliphatic rings. The minimum atomic E-state index is 0.0201. The van der Waals surface area contributed by atoms with Gasteiger partial charge in [-0.05, 0) is 37.6 Å². The van der Waals surface area contributed by atoms with Gasteiger partial charge in [0, 0.05) is 29.0 Å². The summed E-state index contributed by atoms with van der Waals surface area (Å²) in [7, 11) is 1.80. The van der Waals surface area contributed by atoms with E-state index in [1.165, 1.54) is 0 Å². The van der Waals surface area contributed by atoms with Crippen molar-refractivity contribution in [3.05, 3.63) is 34.3 Å². The van der Waals surface area contributed by atoms with Crippen LogP contribution in [0.1, 0.15) is 22.8 Å². The lowest BCUT2D eigenvalue weighted by atomic mass is 10.1. The van der Waals surface area contributed by atoms with Gasteiger partial charge in [-0.2, -0.15) is 0 Å². The van der Waals surface area contributed by atoms with Gasteiger partial charge in [-0.25, -0.2) is 0 Å². The third-order valence-corrected chi connectivity index (χ3v) is 3.97. The Morgan fingerprint density at radius 2 is 2.19 bits per heavy atom. The van der Waals surface area contributed by atoms with Crippen molar-refractivity contribution in [3.8, 4) is 0 Å². The van der Waals surface area contributed by atoms with Gasteiger partial charge in [0.2, 0.25) is 0 Å². The van der Waals surface area contributed by atoms with Crippen LogP contribution in [0.2, 0.25) is 5.02 Å². The molecule has 0 radical (unpaired) electrons. The van der Waals surface area contributed by atoms with Gasteiger partial charge in [0.25, 0.3) is 5.91 Å². The average Bonchev–Trinajstić information content (AvgIpc) is 2.29. The first-order chi connectivity index (χ1) is 7.47. The first-order valence-corrected chi connectivity index (χ1v) is 6.56. The highest BCUT2D eigenvalue weighted by Crippen LogP contribution is 2.17. The lowest BCUT2D eigenvalue weighted by molar-refractivity contribution is 0.0758. The van der Waals surface area contributed by atoms with Crippen LogP contribution in [0.5, 0.6) is 0 Å². The summed E-state index contributed by atoms with van der Waals surface area (Å²) in [6.07, 6.45) is 0. The summed E-state index contributed by atoms with van der Waals surface area (Å²) in [5.41, 5.74) is 1.60. The van der Waals surface area contributed by atoms with E-state index < -0.39 is 0 Å². The Morgan fingerprint density at radius 3 is 2.69 bits per heavy atom. The summed E-state index contributed by atoms with van der Waals surface area (Å²) >= 11 is 9.29. The minimum absolute atomic E-state index is 0.0201. The number of halogens is 2. The molecule has 0 aliphatic heterocycles. The van der Waals surface area contributed by atoms with Gasteiger partial charge < -0.3 is 4.90 Å². The van der Waals surface area contributed by atoms with Crippen molar-refractivity contribution in [2.24, 2.45) is 0 Å². The van der Waals surface area contributed by atoms with Gasteiger partial charge in [0.1, 0.15) is 0 Å². The molecule has 1 amide bonds. The number of benzene rings is 1. The molecule has 0 saturated heterocycles. The van der Waals surface area contributed by atoms with Gasteiger partial charge in [0.15, 0.2) is 0 Å². The lowest BCUT2D eigenvalue weighted by Crippen LogP contribution is -2.36. The van der Waals surface area contributed by atoms with E-state index in [0.717, 1.165) is 10.9 Å². The molecule has 1 aromatic rings. The average molecular weight is 305 g/mol. The van der Waals surface area contributed by atoms with Gasteiger partial charge in [-0.3, -0.25) is 4.79 Å². The third kappa shape index (κ3) is 2.98. The van der Waals surface area contributed by atoms with Crippen LogP contribution >= 0.6 is 27.5 Å². The summed E-state index contributed by atoms with van der Waals surface area (Å²) in [6.45, 7) is 3.89. The number of amides is 1. The molecule has 0 aliphatic carbocycles. The van der Waals surface area contributed by atoms with E-state index in [9.17, 15) is 4.79 Å². The van der Waals surface area contributed by atoms with Crippen molar-refractivity contribution in [3.63, 3.8) is 0 Å². The summed E-state index contributed by atoms with van der Waals surface area (Å²) in [5, 5.41) is 1.45. The summed E-state index contributed by atoms with van der Waals surface area (Å²) in [6, 6.07) is 5.51. The summed E-state index contributed by atoms with van der Waals surface area (Å²) in [4.78, 5) is 13.8. The van der Waals surface area contributed by atoms with Crippen LogP contribution < -0.4 is 0 Å². The van der Waals surface area contributed by atoms with E-state index in [2.05, 4.69) is 15.9 Å². The first-order valence-electron chi connectivity index (χ1n) is 5.06. The molecule has 88 valence electrons. The van der Waals surface area contributed by atoms with E-state index in [-0.39, 0.29) is 11.9 Å². The van der Waals surface area contributed by atoms with Crippen LogP contribution in [0, 0.1) is 6.92 Å². The predicted molar refractivity (Wildman–Crippen MR) is 71.5 cm³/mol. The predicted octanol–water partition coefficient (Wildman–Crippen LogP) is 3.50. The normalized spacial score (nSPS) is 12.3. The Kier molecular flexibility index (Phi) is 4.81. The van der Waals surface area contributed by atoms with Gasteiger partial charge in [-0.15, -0.1) is 0 Å². The maximum Gasteiger partial charge on any atom is 0.253 e. The van der Waals surface area contributed by atoms with Crippen LogP contribution in [0.3, 0.4) is 0 Å². The topological polar surface area (TPSA) is 20.3 Å². The SMILES string of the molecule is Cc1cc(C(=O)N(C)C(C)CBr)ccc1Cl. The smallest absolute Gasteiger partial charge is 0.253 e. The van der Waals surface area contributed by atoms with Crippen LogP contribution in [0.25, 0.3) is 0 Å². The highest BCUT2D eigenvalue weighted by Gasteiger charge is 2.16. The first kappa shape index (κ1) is 13.5. The number of carbonyl (C=O) groups excluding carboxylic acids is 1. The number of nitrogens with zero attached hydrogens (tertiary/aromatic N) is 1. The van der Waals surface area contributed by atoms with Gasteiger partial charge >= 0.3 is 0 Å². The highest BCUT2D eigenvalue weighted by atomic mass is 79.9. The molecule has 1 aromatic carbocycles. The molecule has 4 heteroatoms. The molecular weight excluding hydrogens is 289 g/mol. The van der Waals surface area contributed by atoms with E-state index in [0.29, 0.717) is 10.6 Å². The number of aryl methyl sites for hydroxylation is 1. The molecule has 0 heterocycles. The zero-order valence-corrected chi connectivity index (χ0v) is 12.0. The second-order valence-electron chi connectivity index (χ2n) is 3.88. The van der Waals surface area contributed by atoms with Gasteiger partial charge in [-0.1, -0.05) is 27.5 Å². The van der Waals surface area contributed by atoms with Crippen LogP contribution in [-0.4, -0.2) is 29.2 Å². The fraction of sp³-hybridized carbons (Fsp3) is 0.417. The lowest BCUT2D eigenvalue weighted by Gasteiger charge is -2.23. The fourth-order valence-electron chi connectivity index (χ4n) is 1.29. The Hall–Kier alpha value is -0.540. The van der Waals surface area contributed by atoms with E-state index in [4.69, 9.17) is 11.6 Å². The molecule has 0 spiro atoms. The summed E-state index contributed by atoms with van der Waals surface area (Å²) in [5.74, 6) is 0.0201. The molecule has 1 rings (SSSR count). The van der Waals surface area contributed by atoms with E-state index in [1.807, 2.05) is 19.9 Å². The van der Waals surface area contributed by atoms with Gasteiger partial charge in [0.05, 0.1) is 0 Å². The van der Waals surface area contributed by atoms with Crippen molar-refractivity contribution in [1.29, 1.82) is 0 Å². The Morgan fingerprint density at radius 1 is 1.56 bits per heavy atom. The quantitative estimate of drug-likeness (QED) is 0.783.